The second kappa shape index (κ2) is 7.94. The zero-order valence-corrected chi connectivity index (χ0v) is 15.8. The molecule has 0 spiro atoms. The van der Waals surface area contributed by atoms with Crippen LogP contribution in [-0.4, -0.2) is 32.0 Å². The van der Waals surface area contributed by atoms with Crippen LogP contribution in [-0.2, 0) is 6.54 Å². The maximum Gasteiger partial charge on any atom is 0.573 e. The Kier molecular flexibility index (Phi) is 5.15. The van der Waals surface area contributed by atoms with Gasteiger partial charge in [-0.15, -0.1) is 13.2 Å². The Bertz CT molecular complexity index is 1220. The highest BCUT2D eigenvalue weighted by molar-refractivity contribution is 5.92. The fourth-order valence-corrected chi connectivity index (χ4v) is 2.93. The molecule has 0 radical (unpaired) electrons. The number of halogens is 3. The summed E-state index contributed by atoms with van der Waals surface area (Å²) in [5, 5.41) is 8.02. The van der Waals surface area contributed by atoms with Gasteiger partial charge in [0.15, 0.2) is 5.65 Å². The third-order valence-corrected chi connectivity index (χ3v) is 4.36. The van der Waals surface area contributed by atoms with Crippen molar-refractivity contribution >= 4 is 28.4 Å². The molecule has 11 heteroatoms. The standard InChI is InChI=1S/C20H15F3N6O2/c21-20(22,23)31-15-7-5-14(6-8-15)28-18-16-9-27-29(19(16)26-11-25-18)10-12-1-3-13(4-2-12)17(24)30/h1-9,11H,10H2,(H2,24,30)(H,25,26,28). The normalized spacial score (nSPS) is 11.5. The lowest BCUT2D eigenvalue weighted by Gasteiger charge is -2.10. The number of rotatable bonds is 6. The Morgan fingerprint density at radius 2 is 1.77 bits per heavy atom. The highest BCUT2D eigenvalue weighted by Crippen LogP contribution is 2.27. The van der Waals surface area contributed by atoms with Gasteiger partial charge in [-0.25, -0.2) is 14.6 Å². The van der Waals surface area contributed by atoms with Crippen molar-refractivity contribution in [2.75, 3.05) is 5.32 Å². The van der Waals surface area contributed by atoms with Gasteiger partial charge in [-0.3, -0.25) is 4.79 Å². The van der Waals surface area contributed by atoms with Crippen molar-refractivity contribution in [2.24, 2.45) is 5.73 Å². The predicted octanol–water partition coefficient (Wildman–Crippen LogP) is 3.62. The molecule has 0 unspecified atom stereocenters. The number of anilines is 2. The van der Waals surface area contributed by atoms with Gasteiger partial charge in [0.1, 0.15) is 17.9 Å². The Morgan fingerprint density at radius 3 is 2.42 bits per heavy atom. The predicted molar refractivity (Wildman–Crippen MR) is 106 cm³/mol. The van der Waals surface area contributed by atoms with Crippen molar-refractivity contribution in [3.8, 4) is 5.75 Å². The van der Waals surface area contributed by atoms with Gasteiger partial charge in [0.2, 0.25) is 5.91 Å². The molecule has 4 aromatic rings. The van der Waals surface area contributed by atoms with Crippen LogP contribution >= 0.6 is 0 Å². The molecule has 2 aromatic heterocycles. The molecule has 31 heavy (non-hydrogen) atoms. The number of fused-ring (bicyclic) bond motifs is 1. The SMILES string of the molecule is NC(=O)c1ccc(Cn2ncc3c(Nc4ccc(OC(F)(F)F)cc4)ncnc32)cc1. The van der Waals surface area contributed by atoms with E-state index in [1.54, 1.807) is 35.1 Å². The van der Waals surface area contributed by atoms with Crippen LogP contribution in [0.2, 0.25) is 0 Å². The van der Waals surface area contributed by atoms with Gasteiger partial charge in [-0.05, 0) is 42.0 Å². The molecule has 0 bridgehead atoms. The Hall–Kier alpha value is -4.15. The minimum atomic E-state index is -4.75. The van der Waals surface area contributed by atoms with Gasteiger partial charge in [0.25, 0.3) is 0 Å². The lowest BCUT2D eigenvalue weighted by atomic mass is 10.1. The zero-order valence-electron chi connectivity index (χ0n) is 15.8. The van der Waals surface area contributed by atoms with E-state index >= 15 is 0 Å². The molecule has 0 aliphatic rings. The van der Waals surface area contributed by atoms with E-state index in [0.29, 0.717) is 34.6 Å². The first-order chi connectivity index (χ1) is 14.8. The molecule has 0 aliphatic heterocycles. The highest BCUT2D eigenvalue weighted by atomic mass is 19.4. The summed E-state index contributed by atoms with van der Waals surface area (Å²) in [6.45, 7) is 0.405. The number of hydrogen-bond donors (Lipinski definition) is 2. The summed E-state index contributed by atoms with van der Waals surface area (Å²) in [5.41, 5.74) is 7.64. The third-order valence-electron chi connectivity index (χ3n) is 4.36. The van der Waals surface area contributed by atoms with Crippen molar-refractivity contribution in [2.45, 2.75) is 12.9 Å². The largest absolute Gasteiger partial charge is 0.573 e. The summed E-state index contributed by atoms with van der Waals surface area (Å²) >= 11 is 0. The average Bonchev–Trinajstić information content (AvgIpc) is 3.13. The molecule has 2 heterocycles. The number of carbonyl (C=O) groups excluding carboxylic acids is 1. The van der Waals surface area contributed by atoms with Crippen LogP contribution in [0.25, 0.3) is 11.0 Å². The molecule has 0 saturated carbocycles. The smallest absolute Gasteiger partial charge is 0.406 e. The van der Waals surface area contributed by atoms with E-state index < -0.39 is 12.3 Å². The maximum atomic E-state index is 12.3. The number of hydrogen-bond acceptors (Lipinski definition) is 6. The van der Waals surface area contributed by atoms with Crippen molar-refractivity contribution in [3.05, 3.63) is 72.2 Å². The molecule has 0 saturated heterocycles. The van der Waals surface area contributed by atoms with Crippen molar-refractivity contribution in [1.29, 1.82) is 0 Å². The first-order valence-electron chi connectivity index (χ1n) is 8.96. The van der Waals surface area contributed by atoms with Gasteiger partial charge in [-0.1, -0.05) is 12.1 Å². The van der Waals surface area contributed by atoms with Crippen LogP contribution in [0, 0.1) is 0 Å². The lowest BCUT2D eigenvalue weighted by molar-refractivity contribution is -0.274. The number of aromatic nitrogens is 4. The maximum absolute atomic E-state index is 12.3. The van der Waals surface area contributed by atoms with E-state index in [0.717, 1.165) is 5.56 Å². The van der Waals surface area contributed by atoms with E-state index in [1.165, 1.54) is 30.6 Å². The van der Waals surface area contributed by atoms with Crippen molar-refractivity contribution in [3.63, 3.8) is 0 Å². The zero-order chi connectivity index (χ0) is 22.0. The van der Waals surface area contributed by atoms with Crippen molar-refractivity contribution in [1.82, 2.24) is 19.7 Å². The number of nitrogens with one attached hydrogen (secondary N) is 1. The summed E-state index contributed by atoms with van der Waals surface area (Å²) in [4.78, 5) is 19.7. The fourth-order valence-electron chi connectivity index (χ4n) is 2.93. The Morgan fingerprint density at radius 1 is 1.06 bits per heavy atom. The number of carbonyl (C=O) groups is 1. The van der Waals surface area contributed by atoms with Crippen LogP contribution in [0.3, 0.4) is 0 Å². The van der Waals surface area contributed by atoms with Gasteiger partial charge in [-0.2, -0.15) is 5.10 Å². The molecule has 0 fully saturated rings. The minimum Gasteiger partial charge on any atom is -0.406 e. The number of amides is 1. The first-order valence-corrected chi connectivity index (χ1v) is 8.96. The molecule has 1 amide bonds. The Labute approximate surface area is 173 Å². The molecule has 8 nitrogen and oxygen atoms in total. The van der Waals surface area contributed by atoms with Gasteiger partial charge in [0.05, 0.1) is 18.1 Å². The van der Waals surface area contributed by atoms with Crippen LogP contribution in [0.5, 0.6) is 5.75 Å². The minimum absolute atomic E-state index is 0.318. The number of nitrogens with two attached hydrogens (primary N) is 1. The number of benzene rings is 2. The lowest BCUT2D eigenvalue weighted by Crippen LogP contribution is -2.16. The molecule has 158 valence electrons. The number of alkyl halides is 3. The summed E-state index contributed by atoms with van der Waals surface area (Å²) in [6, 6.07) is 12.1. The molecular formula is C20H15F3N6O2. The summed E-state index contributed by atoms with van der Waals surface area (Å²) in [5.74, 6) is -0.372. The van der Waals surface area contributed by atoms with Crippen LogP contribution in [0.15, 0.2) is 61.1 Å². The van der Waals surface area contributed by atoms with Gasteiger partial charge in [0, 0.05) is 11.3 Å². The van der Waals surface area contributed by atoms with Crippen LogP contribution in [0.4, 0.5) is 24.7 Å². The van der Waals surface area contributed by atoms with Gasteiger partial charge < -0.3 is 15.8 Å². The second-order valence-electron chi connectivity index (χ2n) is 6.52. The Balaban J connectivity index is 1.54. The summed E-state index contributed by atoms with van der Waals surface area (Å²) < 4.78 is 42.4. The topological polar surface area (TPSA) is 108 Å². The summed E-state index contributed by atoms with van der Waals surface area (Å²) in [7, 11) is 0. The van der Waals surface area contributed by atoms with E-state index in [4.69, 9.17) is 5.73 Å². The highest BCUT2D eigenvalue weighted by Gasteiger charge is 2.30. The average molecular weight is 428 g/mol. The van der Waals surface area contributed by atoms with Gasteiger partial charge >= 0.3 is 6.36 Å². The molecular weight excluding hydrogens is 413 g/mol. The second-order valence-corrected chi connectivity index (χ2v) is 6.52. The van der Waals surface area contributed by atoms with Crippen LogP contribution < -0.4 is 15.8 Å². The monoisotopic (exact) mass is 428 g/mol. The van der Waals surface area contributed by atoms with E-state index in [1.807, 2.05) is 0 Å². The van der Waals surface area contributed by atoms with E-state index in [-0.39, 0.29) is 5.75 Å². The van der Waals surface area contributed by atoms with Crippen LogP contribution in [0.1, 0.15) is 15.9 Å². The first kappa shape index (κ1) is 20.1. The quantitative estimate of drug-likeness (QED) is 0.486. The number of nitrogens with zero attached hydrogens (tertiary/aromatic N) is 4. The third kappa shape index (κ3) is 4.71. The molecule has 0 atom stereocenters. The van der Waals surface area contributed by atoms with E-state index in [9.17, 15) is 18.0 Å². The molecule has 3 N–H and O–H groups in total. The van der Waals surface area contributed by atoms with Crippen molar-refractivity contribution < 1.29 is 22.7 Å². The molecule has 4 rings (SSSR count). The number of primary amides is 1. The number of ether oxygens (including phenoxy) is 1. The fraction of sp³-hybridized carbons (Fsp3) is 0.100. The van der Waals surface area contributed by atoms with E-state index in [2.05, 4.69) is 25.1 Å². The molecule has 0 aliphatic carbocycles. The molecule has 2 aromatic carbocycles. The summed E-state index contributed by atoms with van der Waals surface area (Å²) in [6.07, 6.45) is -1.79.